The van der Waals surface area contributed by atoms with Crippen LogP contribution < -0.4 is 0 Å². The molecule has 0 saturated carbocycles. The van der Waals surface area contributed by atoms with Crippen LogP contribution in [-0.4, -0.2) is 17.4 Å². The smallest absolute Gasteiger partial charge is 0.257 e. The summed E-state index contributed by atoms with van der Waals surface area (Å²) >= 11 is 7.31. The lowest BCUT2D eigenvalue weighted by molar-refractivity contribution is 0.0749. The van der Waals surface area contributed by atoms with Gasteiger partial charge in [0.2, 0.25) is 0 Å². The van der Waals surface area contributed by atoms with Gasteiger partial charge in [-0.2, -0.15) is 0 Å². The van der Waals surface area contributed by atoms with Gasteiger partial charge in [0.25, 0.3) is 5.91 Å². The molecule has 0 radical (unpaired) electrons. The Morgan fingerprint density at radius 3 is 2.70 bits per heavy atom. The lowest BCUT2D eigenvalue weighted by Gasteiger charge is -2.20. The fourth-order valence-corrected chi connectivity index (χ4v) is 3.04. The molecule has 0 unspecified atom stereocenters. The molecule has 0 N–H and O–H groups in total. The molecule has 0 bridgehead atoms. The minimum atomic E-state index is -0.444. The van der Waals surface area contributed by atoms with E-state index in [9.17, 15) is 9.18 Å². The predicted molar refractivity (Wildman–Crippen MR) is 80.9 cm³/mol. The molecule has 5 heteroatoms. The highest BCUT2D eigenvalue weighted by Gasteiger charge is 2.19. The second-order valence-electron chi connectivity index (χ2n) is 4.46. The van der Waals surface area contributed by atoms with Crippen molar-refractivity contribution in [2.75, 3.05) is 6.54 Å². The van der Waals surface area contributed by atoms with Crippen LogP contribution in [0.5, 0.6) is 0 Å². The molecule has 0 aliphatic heterocycles. The number of halogens is 2. The SMILES string of the molecule is CCN(Cc1ccc(Cl)s1)C(=O)c1cccc(C)c1F. The maximum atomic E-state index is 14.0. The molecule has 106 valence electrons. The first kappa shape index (κ1) is 15.0. The monoisotopic (exact) mass is 311 g/mol. The predicted octanol–water partition coefficient (Wildman–Crippen LogP) is 4.51. The van der Waals surface area contributed by atoms with Crippen LogP contribution in [0.1, 0.15) is 27.7 Å². The maximum Gasteiger partial charge on any atom is 0.257 e. The van der Waals surface area contributed by atoms with Crippen LogP contribution in [0.4, 0.5) is 4.39 Å². The van der Waals surface area contributed by atoms with Gasteiger partial charge < -0.3 is 4.90 Å². The molecule has 2 aromatic rings. The first-order valence-electron chi connectivity index (χ1n) is 6.31. The molecular formula is C15H15ClFNOS. The largest absolute Gasteiger partial charge is 0.334 e. The van der Waals surface area contributed by atoms with Crippen molar-refractivity contribution in [1.82, 2.24) is 4.90 Å². The van der Waals surface area contributed by atoms with Crippen molar-refractivity contribution in [3.8, 4) is 0 Å². The summed E-state index contributed by atoms with van der Waals surface area (Å²) in [4.78, 5) is 15.0. The zero-order valence-electron chi connectivity index (χ0n) is 11.3. The quantitative estimate of drug-likeness (QED) is 0.813. The molecule has 20 heavy (non-hydrogen) atoms. The highest BCUT2D eigenvalue weighted by atomic mass is 35.5. The van der Waals surface area contributed by atoms with E-state index in [0.717, 1.165) is 4.88 Å². The van der Waals surface area contributed by atoms with Gasteiger partial charge >= 0.3 is 0 Å². The van der Waals surface area contributed by atoms with E-state index in [1.165, 1.54) is 17.4 Å². The Bertz CT molecular complexity index is 626. The van der Waals surface area contributed by atoms with Gasteiger partial charge in [-0.1, -0.05) is 23.7 Å². The van der Waals surface area contributed by atoms with Crippen LogP contribution in [-0.2, 0) is 6.54 Å². The molecule has 1 aromatic heterocycles. The third-order valence-corrected chi connectivity index (χ3v) is 4.28. The number of carbonyl (C=O) groups excluding carboxylic acids is 1. The maximum absolute atomic E-state index is 14.0. The summed E-state index contributed by atoms with van der Waals surface area (Å²) < 4.78 is 14.7. The molecule has 0 spiro atoms. The number of benzene rings is 1. The van der Waals surface area contributed by atoms with E-state index in [-0.39, 0.29) is 11.5 Å². The van der Waals surface area contributed by atoms with Crippen LogP contribution in [0.3, 0.4) is 0 Å². The standard InChI is InChI=1S/C15H15ClFNOS/c1-3-18(9-11-7-8-13(16)20-11)15(19)12-6-4-5-10(2)14(12)17/h4-8H,3,9H2,1-2H3. The molecule has 2 rings (SSSR count). The van der Waals surface area contributed by atoms with Gasteiger partial charge in [0, 0.05) is 11.4 Å². The molecule has 0 aliphatic rings. The lowest BCUT2D eigenvalue weighted by atomic mass is 10.1. The van der Waals surface area contributed by atoms with Crippen molar-refractivity contribution in [3.05, 3.63) is 56.5 Å². The Labute approximate surface area is 126 Å². The van der Waals surface area contributed by atoms with Gasteiger partial charge in [-0.25, -0.2) is 4.39 Å². The van der Waals surface area contributed by atoms with Crippen molar-refractivity contribution < 1.29 is 9.18 Å². The van der Waals surface area contributed by atoms with E-state index in [0.29, 0.717) is 23.0 Å². The van der Waals surface area contributed by atoms with E-state index in [1.54, 1.807) is 30.0 Å². The van der Waals surface area contributed by atoms with Crippen molar-refractivity contribution in [2.45, 2.75) is 20.4 Å². The molecule has 0 saturated heterocycles. The lowest BCUT2D eigenvalue weighted by Crippen LogP contribution is -2.30. The van der Waals surface area contributed by atoms with Gasteiger partial charge in [0.15, 0.2) is 0 Å². The second-order valence-corrected chi connectivity index (χ2v) is 6.26. The number of amides is 1. The number of hydrogen-bond donors (Lipinski definition) is 0. The zero-order chi connectivity index (χ0) is 14.7. The molecule has 2 nitrogen and oxygen atoms in total. The first-order chi connectivity index (χ1) is 9.52. The number of aryl methyl sites for hydroxylation is 1. The summed E-state index contributed by atoms with van der Waals surface area (Å²) in [6, 6.07) is 8.56. The van der Waals surface area contributed by atoms with Gasteiger partial charge in [-0.3, -0.25) is 4.79 Å². The Balaban J connectivity index is 2.23. The number of rotatable bonds is 4. The van der Waals surface area contributed by atoms with Gasteiger partial charge in [0.05, 0.1) is 16.4 Å². The van der Waals surface area contributed by atoms with E-state index in [4.69, 9.17) is 11.6 Å². The van der Waals surface area contributed by atoms with Crippen molar-refractivity contribution in [2.24, 2.45) is 0 Å². The molecule has 1 aromatic carbocycles. The van der Waals surface area contributed by atoms with Crippen molar-refractivity contribution in [1.29, 1.82) is 0 Å². The fraction of sp³-hybridized carbons (Fsp3) is 0.267. The van der Waals surface area contributed by atoms with E-state index in [1.807, 2.05) is 13.0 Å². The molecule has 1 heterocycles. The molecule has 0 aliphatic carbocycles. The number of nitrogens with zero attached hydrogens (tertiary/aromatic N) is 1. The summed E-state index contributed by atoms with van der Waals surface area (Å²) in [5.74, 6) is -0.738. The topological polar surface area (TPSA) is 20.3 Å². The summed E-state index contributed by atoms with van der Waals surface area (Å²) in [6.45, 7) is 4.49. The van der Waals surface area contributed by atoms with Gasteiger partial charge in [-0.05, 0) is 37.6 Å². The normalized spacial score (nSPS) is 10.6. The second kappa shape index (κ2) is 6.37. The highest BCUT2D eigenvalue weighted by molar-refractivity contribution is 7.16. The first-order valence-corrected chi connectivity index (χ1v) is 7.51. The number of carbonyl (C=O) groups is 1. The van der Waals surface area contributed by atoms with Crippen LogP contribution >= 0.6 is 22.9 Å². The van der Waals surface area contributed by atoms with Gasteiger partial charge in [0.1, 0.15) is 5.82 Å². The molecule has 1 amide bonds. The summed E-state index contributed by atoms with van der Waals surface area (Å²) in [7, 11) is 0. The third-order valence-electron chi connectivity index (χ3n) is 3.07. The van der Waals surface area contributed by atoms with Crippen LogP contribution in [0.25, 0.3) is 0 Å². The Morgan fingerprint density at radius 1 is 1.35 bits per heavy atom. The zero-order valence-corrected chi connectivity index (χ0v) is 12.9. The number of hydrogen-bond acceptors (Lipinski definition) is 2. The molecule has 0 atom stereocenters. The van der Waals surface area contributed by atoms with Crippen LogP contribution in [0, 0.1) is 12.7 Å². The average Bonchev–Trinajstić information content (AvgIpc) is 2.84. The van der Waals surface area contributed by atoms with Crippen molar-refractivity contribution >= 4 is 28.8 Å². The van der Waals surface area contributed by atoms with Gasteiger partial charge in [-0.15, -0.1) is 11.3 Å². The summed E-state index contributed by atoms with van der Waals surface area (Å²) in [5, 5.41) is 0. The highest BCUT2D eigenvalue weighted by Crippen LogP contribution is 2.23. The fourth-order valence-electron chi connectivity index (χ4n) is 1.93. The van der Waals surface area contributed by atoms with E-state index >= 15 is 0 Å². The van der Waals surface area contributed by atoms with Crippen molar-refractivity contribution in [3.63, 3.8) is 0 Å². The summed E-state index contributed by atoms with van der Waals surface area (Å²) in [6.07, 6.45) is 0. The minimum Gasteiger partial charge on any atom is -0.334 e. The Hall–Kier alpha value is -1.39. The van der Waals surface area contributed by atoms with Crippen LogP contribution in [0.2, 0.25) is 4.34 Å². The summed E-state index contributed by atoms with van der Waals surface area (Å²) in [5.41, 5.74) is 0.598. The molecule has 0 fully saturated rings. The number of thiophene rings is 1. The van der Waals surface area contributed by atoms with E-state index in [2.05, 4.69) is 0 Å². The third kappa shape index (κ3) is 3.19. The van der Waals surface area contributed by atoms with Crippen LogP contribution in [0.15, 0.2) is 30.3 Å². The Morgan fingerprint density at radius 2 is 2.10 bits per heavy atom. The Kier molecular flexibility index (Phi) is 4.78. The molecular weight excluding hydrogens is 297 g/mol. The average molecular weight is 312 g/mol. The minimum absolute atomic E-state index is 0.120. The van der Waals surface area contributed by atoms with E-state index < -0.39 is 5.82 Å².